The SMILES string of the molecule is O=C(c1cnn2c(-c3ccccc3F)ccnc12)N1CCN(Cc2ccccc2)CC1. The van der Waals surface area contributed by atoms with Crippen molar-refractivity contribution < 1.29 is 9.18 Å². The van der Waals surface area contributed by atoms with Crippen LogP contribution in [-0.2, 0) is 6.54 Å². The zero-order valence-electron chi connectivity index (χ0n) is 17.0. The predicted molar refractivity (Wildman–Crippen MR) is 116 cm³/mol. The zero-order chi connectivity index (χ0) is 21.2. The molecule has 5 rings (SSSR count). The molecule has 0 radical (unpaired) electrons. The number of amides is 1. The van der Waals surface area contributed by atoms with Gasteiger partial charge in [-0.2, -0.15) is 5.10 Å². The molecule has 1 amide bonds. The Morgan fingerprint density at radius 2 is 1.68 bits per heavy atom. The summed E-state index contributed by atoms with van der Waals surface area (Å²) >= 11 is 0. The highest BCUT2D eigenvalue weighted by Crippen LogP contribution is 2.24. The third-order valence-electron chi connectivity index (χ3n) is 5.69. The molecule has 1 aliphatic heterocycles. The number of fused-ring (bicyclic) bond motifs is 1. The Kier molecular flexibility index (Phi) is 5.18. The summed E-state index contributed by atoms with van der Waals surface area (Å²) in [5.41, 5.74) is 3.14. The van der Waals surface area contributed by atoms with Crippen LogP contribution < -0.4 is 0 Å². The number of benzene rings is 2. The Balaban J connectivity index is 1.34. The second kappa shape index (κ2) is 8.28. The fourth-order valence-corrected chi connectivity index (χ4v) is 4.04. The highest BCUT2D eigenvalue weighted by molar-refractivity contribution is 6.00. The van der Waals surface area contributed by atoms with E-state index in [2.05, 4.69) is 27.1 Å². The van der Waals surface area contributed by atoms with Crippen molar-refractivity contribution in [3.8, 4) is 11.3 Å². The first-order valence-corrected chi connectivity index (χ1v) is 10.3. The Hall–Kier alpha value is -3.58. The quantitative estimate of drug-likeness (QED) is 0.512. The third kappa shape index (κ3) is 3.80. The van der Waals surface area contributed by atoms with E-state index in [0.717, 1.165) is 19.6 Å². The van der Waals surface area contributed by atoms with Gasteiger partial charge in [-0.1, -0.05) is 42.5 Å². The molecule has 2 aromatic heterocycles. The number of carbonyl (C=O) groups excluding carboxylic acids is 1. The molecule has 31 heavy (non-hydrogen) atoms. The summed E-state index contributed by atoms with van der Waals surface area (Å²) in [5.74, 6) is -0.430. The molecule has 0 spiro atoms. The van der Waals surface area contributed by atoms with Crippen molar-refractivity contribution in [2.24, 2.45) is 0 Å². The van der Waals surface area contributed by atoms with Crippen molar-refractivity contribution in [1.82, 2.24) is 24.4 Å². The highest BCUT2D eigenvalue weighted by Gasteiger charge is 2.25. The summed E-state index contributed by atoms with van der Waals surface area (Å²) in [6.07, 6.45) is 3.12. The predicted octanol–water partition coefficient (Wildman–Crippen LogP) is 3.49. The van der Waals surface area contributed by atoms with Crippen molar-refractivity contribution in [3.63, 3.8) is 0 Å². The lowest BCUT2D eigenvalue weighted by Crippen LogP contribution is -2.48. The summed E-state index contributed by atoms with van der Waals surface area (Å²) in [7, 11) is 0. The van der Waals surface area contributed by atoms with E-state index in [9.17, 15) is 9.18 Å². The smallest absolute Gasteiger partial charge is 0.259 e. The molecule has 1 aliphatic rings. The second-order valence-electron chi connectivity index (χ2n) is 7.66. The van der Waals surface area contributed by atoms with E-state index in [1.807, 2.05) is 23.1 Å². The molecule has 1 fully saturated rings. The monoisotopic (exact) mass is 415 g/mol. The van der Waals surface area contributed by atoms with Crippen LogP contribution in [0.2, 0.25) is 0 Å². The van der Waals surface area contributed by atoms with Gasteiger partial charge in [0.15, 0.2) is 5.65 Å². The van der Waals surface area contributed by atoms with Gasteiger partial charge in [-0.3, -0.25) is 9.69 Å². The van der Waals surface area contributed by atoms with Crippen LogP contribution in [0.4, 0.5) is 4.39 Å². The average Bonchev–Trinajstić information content (AvgIpc) is 3.25. The summed E-state index contributed by atoms with van der Waals surface area (Å²) in [4.78, 5) is 21.8. The first-order valence-electron chi connectivity index (χ1n) is 10.3. The van der Waals surface area contributed by atoms with Gasteiger partial charge >= 0.3 is 0 Å². The molecular formula is C24H22FN5O. The molecule has 3 heterocycles. The second-order valence-corrected chi connectivity index (χ2v) is 7.66. The van der Waals surface area contributed by atoms with Crippen LogP contribution in [0.25, 0.3) is 16.9 Å². The molecule has 0 N–H and O–H groups in total. The molecular weight excluding hydrogens is 393 g/mol. The van der Waals surface area contributed by atoms with Crippen molar-refractivity contribution in [2.45, 2.75) is 6.54 Å². The maximum Gasteiger partial charge on any atom is 0.259 e. The highest BCUT2D eigenvalue weighted by atomic mass is 19.1. The number of halogens is 1. The normalized spacial score (nSPS) is 14.8. The van der Waals surface area contributed by atoms with Gasteiger partial charge < -0.3 is 4.90 Å². The van der Waals surface area contributed by atoms with E-state index in [1.165, 1.54) is 22.3 Å². The maximum absolute atomic E-state index is 14.3. The number of piperazine rings is 1. The number of aromatic nitrogens is 3. The Bertz CT molecular complexity index is 1220. The zero-order valence-corrected chi connectivity index (χ0v) is 17.0. The van der Waals surface area contributed by atoms with Gasteiger partial charge in [0.1, 0.15) is 11.4 Å². The molecule has 0 saturated carbocycles. The average molecular weight is 415 g/mol. The summed E-state index contributed by atoms with van der Waals surface area (Å²) in [5, 5.41) is 4.35. The Labute approximate surface area is 179 Å². The van der Waals surface area contributed by atoms with Gasteiger partial charge in [0.25, 0.3) is 5.91 Å². The minimum atomic E-state index is -0.340. The third-order valence-corrected chi connectivity index (χ3v) is 5.69. The largest absolute Gasteiger partial charge is 0.336 e. The van der Waals surface area contributed by atoms with Crippen LogP contribution in [0.5, 0.6) is 0 Å². The minimum absolute atomic E-state index is 0.0902. The summed E-state index contributed by atoms with van der Waals surface area (Å²) in [6, 6.07) is 18.6. The summed E-state index contributed by atoms with van der Waals surface area (Å²) in [6.45, 7) is 3.81. The molecule has 7 heteroatoms. The molecule has 1 saturated heterocycles. The number of rotatable bonds is 4. The number of nitrogens with zero attached hydrogens (tertiary/aromatic N) is 5. The van der Waals surface area contributed by atoms with Gasteiger partial charge in [0.2, 0.25) is 0 Å². The van der Waals surface area contributed by atoms with Crippen molar-refractivity contribution in [2.75, 3.05) is 26.2 Å². The molecule has 0 unspecified atom stereocenters. The van der Waals surface area contributed by atoms with Crippen LogP contribution in [0.15, 0.2) is 73.1 Å². The first kappa shape index (κ1) is 19.4. The Morgan fingerprint density at radius 1 is 0.935 bits per heavy atom. The van der Waals surface area contributed by atoms with Crippen LogP contribution in [-0.4, -0.2) is 56.5 Å². The van der Waals surface area contributed by atoms with E-state index in [0.29, 0.717) is 35.6 Å². The lowest BCUT2D eigenvalue weighted by molar-refractivity contribution is 0.0630. The lowest BCUT2D eigenvalue weighted by Gasteiger charge is -2.34. The lowest BCUT2D eigenvalue weighted by atomic mass is 10.1. The fraction of sp³-hybridized carbons (Fsp3) is 0.208. The Morgan fingerprint density at radius 3 is 2.45 bits per heavy atom. The van der Waals surface area contributed by atoms with E-state index < -0.39 is 0 Å². The van der Waals surface area contributed by atoms with Crippen LogP contribution >= 0.6 is 0 Å². The van der Waals surface area contributed by atoms with Crippen LogP contribution in [0, 0.1) is 5.82 Å². The van der Waals surface area contributed by atoms with Gasteiger partial charge in [-0.05, 0) is 23.8 Å². The molecule has 6 nitrogen and oxygen atoms in total. The van der Waals surface area contributed by atoms with Gasteiger partial charge in [0.05, 0.1) is 11.9 Å². The van der Waals surface area contributed by atoms with E-state index in [4.69, 9.17) is 0 Å². The molecule has 2 aromatic carbocycles. The van der Waals surface area contributed by atoms with E-state index in [-0.39, 0.29) is 11.7 Å². The summed E-state index contributed by atoms with van der Waals surface area (Å²) < 4.78 is 15.8. The van der Waals surface area contributed by atoms with Gasteiger partial charge in [0, 0.05) is 44.5 Å². The van der Waals surface area contributed by atoms with Gasteiger partial charge in [-0.25, -0.2) is 13.9 Å². The molecule has 0 atom stereocenters. The molecule has 0 bridgehead atoms. The molecule has 156 valence electrons. The van der Waals surface area contributed by atoms with Crippen molar-refractivity contribution in [3.05, 3.63) is 90.0 Å². The number of hydrogen-bond acceptors (Lipinski definition) is 4. The van der Waals surface area contributed by atoms with Crippen molar-refractivity contribution >= 4 is 11.6 Å². The fourth-order valence-electron chi connectivity index (χ4n) is 4.04. The van der Waals surface area contributed by atoms with Crippen molar-refractivity contribution in [1.29, 1.82) is 0 Å². The maximum atomic E-state index is 14.3. The van der Waals surface area contributed by atoms with Crippen LogP contribution in [0.1, 0.15) is 15.9 Å². The number of hydrogen-bond donors (Lipinski definition) is 0. The number of carbonyl (C=O) groups is 1. The van der Waals surface area contributed by atoms with Gasteiger partial charge in [-0.15, -0.1) is 0 Å². The van der Waals surface area contributed by atoms with E-state index in [1.54, 1.807) is 30.5 Å². The van der Waals surface area contributed by atoms with Crippen LogP contribution in [0.3, 0.4) is 0 Å². The molecule has 0 aliphatic carbocycles. The topological polar surface area (TPSA) is 53.7 Å². The molecule has 4 aromatic rings. The first-order chi connectivity index (χ1) is 15.2. The standard InChI is InChI=1S/C24H22FN5O/c25-21-9-5-4-8-19(21)22-10-11-26-23-20(16-27-30(22)23)24(31)29-14-12-28(13-15-29)17-18-6-2-1-3-7-18/h1-11,16H,12-15,17H2. The van der Waals surface area contributed by atoms with E-state index >= 15 is 0 Å². The minimum Gasteiger partial charge on any atom is -0.336 e.